The van der Waals surface area contributed by atoms with Crippen molar-refractivity contribution in [3.05, 3.63) is 59.7 Å². The number of carbonyl (C=O) groups is 1. The summed E-state index contributed by atoms with van der Waals surface area (Å²) in [6, 6.07) is 15.0. The summed E-state index contributed by atoms with van der Waals surface area (Å²) in [5.74, 6) is 3.48. The van der Waals surface area contributed by atoms with Crippen LogP contribution in [0.4, 0.5) is 5.69 Å². The Morgan fingerprint density at radius 1 is 1.26 bits per heavy atom. The predicted molar refractivity (Wildman–Crippen MR) is 93.6 cm³/mol. The molecule has 0 saturated carbocycles. The lowest BCUT2D eigenvalue weighted by Crippen LogP contribution is -2.20. The molecule has 3 nitrogen and oxygen atoms in total. The molecular weight excluding hydrogens is 286 g/mol. The van der Waals surface area contributed by atoms with Gasteiger partial charge in [-0.15, -0.1) is 6.42 Å². The highest BCUT2D eigenvalue weighted by molar-refractivity contribution is 5.92. The van der Waals surface area contributed by atoms with Crippen LogP contribution in [0.3, 0.4) is 0 Å². The average molecular weight is 307 g/mol. The van der Waals surface area contributed by atoms with E-state index in [1.54, 1.807) is 12.1 Å². The summed E-state index contributed by atoms with van der Waals surface area (Å²) in [6.07, 6.45) is 6.37. The topological polar surface area (TPSA) is 38.3 Å². The van der Waals surface area contributed by atoms with E-state index in [1.165, 1.54) is 0 Å². The molecule has 2 aromatic carbocycles. The second kappa shape index (κ2) is 8.05. The molecule has 0 spiro atoms. The van der Waals surface area contributed by atoms with Gasteiger partial charge in [0.15, 0.2) is 6.61 Å². The molecule has 23 heavy (non-hydrogen) atoms. The molecule has 3 heteroatoms. The third-order valence-corrected chi connectivity index (χ3v) is 3.73. The summed E-state index contributed by atoms with van der Waals surface area (Å²) < 4.78 is 5.70. The number of carbonyl (C=O) groups excluding carboxylic acids is 1. The molecule has 1 amide bonds. The monoisotopic (exact) mass is 307 g/mol. The van der Waals surface area contributed by atoms with Crippen LogP contribution < -0.4 is 10.1 Å². The molecule has 0 aliphatic carbocycles. The number of nitrogens with one attached hydrogen (secondary N) is 1. The first-order valence-electron chi connectivity index (χ1n) is 7.72. The fraction of sp³-hybridized carbons (Fsp3) is 0.250. The van der Waals surface area contributed by atoms with Gasteiger partial charge >= 0.3 is 0 Å². The molecule has 0 heterocycles. The molecule has 0 bridgehead atoms. The molecule has 0 aliphatic heterocycles. The normalized spacial score (nSPS) is 11.3. The van der Waals surface area contributed by atoms with Gasteiger partial charge in [0.2, 0.25) is 0 Å². The van der Waals surface area contributed by atoms with Gasteiger partial charge < -0.3 is 10.1 Å². The smallest absolute Gasteiger partial charge is 0.262 e. The van der Waals surface area contributed by atoms with Crippen molar-refractivity contribution in [3.8, 4) is 18.1 Å². The summed E-state index contributed by atoms with van der Waals surface area (Å²) >= 11 is 0. The van der Waals surface area contributed by atoms with E-state index in [2.05, 4.69) is 25.1 Å². The maximum atomic E-state index is 12.0. The number of hydrogen-bond donors (Lipinski definition) is 1. The van der Waals surface area contributed by atoms with Crippen LogP contribution in [-0.2, 0) is 4.79 Å². The first kappa shape index (κ1) is 16.6. The Hall–Kier alpha value is -2.73. The molecule has 0 radical (unpaired) electrons. The van der Waals surface area contributed by atoms with Gasteiger partial charge in [-0.1, -0.05) is 44.0 Å². The minimum Gasteiger partial charge on any atom is -0.483 e. The van der Waals surface area contributed by atoms with Crippen LogP contribution in [0.1, 0.15) is 37.3 Å². The Bertz CT molecular complexity index is 716. The van der Waals surface area contributed by atoms with Crippen molar-refractivity contribution in [1.82, 2.24) is 0 Å². The summed E-state index contributed by atoms with van der Waals surface area (Å²) in [7, 11) is 0. The molecule has 0 saturated heterocycles. The molecule has 0 aromatic heterocycles. The van der Waals surface area contributed by atoms with E-state index >= 15 is 0 Å². The summed E-state index contributed by atoms with van der Waals surface area (Å²) in [6.45, 7) is 4.24. The highest BCUT2D eigenvalue weighted by Gasteiger charge is 2.11. The van der Waals surface area contributed by atoms with E-state index in [-0.39, 0.29) is 12.5 Å². The minimum absolute atomic E-state index is 0.0340. The van der Waals surface area contributed by atoms with Gasteiger partial charge in [0.05, 0.1) is 0 Å². The fourth-order valence-corrected chi connectivity index (χ4v) is 2.27. The predicted octanol–water partition coefficient (Wildman–Crippen LogP) is 4.20. The number of para-hydroxylation sites is 1. The SMILES string of the molecule is C#Cc1cccc(NC(=O)COc2ccccc2C(C)CC)c1. The maximum Gasteiger partial charge on any atom is 0.262 e. The zero-order valence-corrected chi connectivity index (χ0v) is 13.5. The Labute approximate surface area is 137 Å². The number of anilines is 1. The average Bonchev–Trinajstić information content (AvgIpc) is 2.59. The number of amides is 1. The summed E-state index contributed by atoms with van der Waals surface area (Å²) in [5.41, 5.74) is 2.52. The van der Waals surface area contributed by atoms with Crippen molar-refractivity contribution in [2.24, 2.45) is 0 Å². The second-order valence-electron chi connectivity index (χ2n) is 5.41. The molecule has 118 valence electrons. The van der Waals surface area contributed by atoms with Crippen molar-refractivity contribution in [3.63, 3.8) is 0 Å². The van der Waals surface area contributed by atoms with Gasteiger partial charge in [0, 0.05) is 11.3 Å². The Kier molecular flexibility index (Phi) is 5.82. The number of ether oxygens (including phenoxy) is 1. The van der Waals surface area contributed by atoms with Crippen LogP contribution in [0.5, 0.6) is 5.75 Å². The van der Waals surface area contributed by atoms with Crippen LogP contribution in [0.15, 0.2) is 48.5 Å². The third kappa shape index (κ3) is 4.62. The van der Waals surface area contributed by atoms with E-state index in [4.69, 9.17) is 11.2 Å². The lowest BCUT2D eigenvalue weighted by atomic mass is 9.98. The van der Waals surface area contributed by atoms with Gasteiger partial charge in [-0.2, -0.15) is 0 Å². The molecule has 1 unspecified atom stereocenters. The minimum atomic E-state index is -0.210. The number of rotatable bonds is 6. The molecular formula is C20H21NO2. The Morgan fingerprint density at radius 2 is 2.04 bits per heavy atom. The van der Waals surface area contributed by atoms with E-state index in [9.17, 15) is 4.79 Å². The summed E-state index contributed by atoms with van der Waals surface area (Å²) in [5, 5.41) is 2.79. The Morgan fingerprint density at radius 3 is 2.78 bits per heavy atom. The third-order valence-electron chi connectivity index (χ3n) is 3.73. The van der Waals surface area contributed by atoms with Crippen LogP contribution in [0.2, 0.25) is 0 Å². The first-order valence-corrected chi connectivity index (χ1v) is 7.72. The molecule has 0 fully saturated rings. The van der Waals surface area contributed by atoms with Crippen molar-refractivity contribution < 1.29 is 9.53 Å². The van der Waals surface area contributed by atoms with E-state index in [1.807, 2.05) is 36.4 Å². The van der Waals surface area contributed by atoms with E-state index in [0.29, 0.717) is 11.6 Å². The first-order chi connectivity index (χ1) is 11.1. The largest absolute Gasteiger partial charge is 0.483 e. The molecule has 0 aliphatic rings. The maximum absolute atomic E-state index is 12.0. The molecule has 1 N–H and O–H groups in total. The van der Waals surface area contributed by atoms with Crippen LogP contribution in [0, 0.1) is 12.3 Å². The lowest BCUT2D eigenvalue weighted by molar-refractivity contribution is -0.118. The van der Waals surface area contributed by atoms with Gasteiger partial charge in [0.1, 0.15) is 5.75 Å². The highest BCUT2D eigenvalue weighted by Crippen LogP contribution is 2.28. The second-order valence-corrected chi connectivity index (χ2v) is 5.41. The fourth-order valence-electron chi connectivity index (χ4n) is 2.27. The molecule has 1 atom stereocenters. The summed E-state index contributed by atoms with van der Waals surface area (Å²) in [4.78, 5) is 12.0. The number of terminal acetylenes is 1. The molecule has 2 aromatic rings. The lowest BCUT2D eigenvalue weighted by Gasteiger charge is -2.15. The van der Waals surface area contributed by atoms with E-state index < -0.39 is 0 Å². The highest BCUT2D eigenvalue weighted by atomic mass is 16.5. The van der Waals surface area contributed by atoms with E-state index in [0.717, 1.165) is 23.3 Å². The molecule has 2 rings (SSSR count). The van der Waals surface area contributed by atoms with Crippen molar-refractivity contribution >= 4 is 11.6 Å². The van der Waals surface area contributed by atoms with Gasteiger partial charge in [-0.05, 0) is 42.2 Å². The van der Waals surface area contributed by atoms with Crippen LogP contribution in [-0.4, -0.2) is 12.5 Å². The van der Waals surface area contributed by atoms with Crippen molar-refractivity contribution in [1.29, 1.82) is 0 Å². The van der Waals surface area contributed by atoms with Crippen molar-refractivity contribution in [2.45, 2.75) is 26.2 Å². The quantitative estimate of drug-likeness (QED) is 0.812. The van der Waals surface area contributed by atoms with Crippen molar-refractivity contribution in [2.75, 3.05) is 11.9 Å². The zero-order valence-electron chi connectivity index (χ0n) is 13.5. The Balaban J connectivity index is 1.98. The van der Waals surface area contributed by atoms with Gasteiger partial charge in [-0.3, -0.25) is 4.79 Å². The van der Waals surface area contributed by atoms with Gasteiger partial charge in [-0.25, -0.2) is 0 Å². The van der Waals surface area contributed by atoms with Crippen LogP contribution >= 0.6 is 0 Å². The zero-order chi connectivity index (χ0) is 16.7. The standard InChI is InChI=1S/C20H21NO2/c1-4-15(3)18-11-6-7-12-19(18)23-14-20(22)21-17-10-8-9-16(5-2)13-17/h2,6-13,15H,4,14H2,1,3H3,(H,21,22). The number of hydrogen-bond acceptors (Lipinski definition) is 2. The number of benzene rings is 2. The van der Waals surface area contributed by atoms with Crippen LogP contribution in [0.25, 0.3) is 0 Å². The van der Waals surface area contributed by atoms with Gasteiger partial charge in [0.25, 0.3) is 5.91 Å².